The van der Waals surface area contributed by atoms with Crippen molar-refractivity contribution in [2.24, 2.45) is 5.73 Å². The van der Waals surface area contributed by atoms with Crippen molar-refractivity contribution in [3.8, 4) is 0 Å². The predicted molar refractivity (Wildman–Crippen MR) is 102 cm³/mol. The van der Waals surface area contributed by atoms with Crippen LogP contribution in [0, 0.1) is 0 Å². The van der Waals surface area contributed by atoms with Crippen LogP contribution < -0.4 is 5.73 Å². The Morgan fingerprint density at radius 1 is 0.750 bits per heavy atom. The second-order valence-corrected chi connectivity index (χ2v) is 6.15. The van der Waals surface area contributed by atoms with Crippen LogP contribution in [0.1, 0.15) is 36.6 Å². The molecule has 0 aliphatic heterocycles. The molecule has 136 valence electrons. The summed E-state index contributed by atoms with van der Waals surface area (Å²) >= 11 is 0. The van der Waals surface area contributed by atoms with Crippen molar-refractivity contribution >= 4 is 39.7 Å². The molecule has 0 radical (unpaired) electrons. The van der Waals surface area contributed by atoms with Crippen molar-refractivity contribution in [1.82, 2.24) is 9.97 Å². The van der Waals surface area contributed by atoms with Crippen LogP contribution >= 0.6 is 0 Å². The Hall–Kier alpha value is -4.13. The number of primary amides is 1. The van der Waals surface area contributed by atoms with Gasteiger partial charge in [0.2, 0.25) is 0 Å². The number of aromatic nitrogens is 2. The van der Waals surface area contributed by atoms with Gasteiger partial charge in [-0.3, -0.25) is 9.59 Å². The maximum Gasteiger partial charge on any atom is 0.337 e. The number of carboxylic acid groups (broad SMARTS) is 1. The zero-order valence-electron chi connectivity index (χ0n) is 14.4. The summed E-state index contributed by atoms with van der Waals surface area (Å²) in [5.41, 5.74) is 7.10. The average Bonchev–Trinajstić information content (AvgIpc) is 2.70. The molecule has 4 aromatic rings. The number of amides is 1. The van der Waals surface area contributed by atoms with Gasteiger partial charge in [-0.15, -0.1) is 0 Å². The van der Waals surface area contributed by atoms with Gasteiger partial charge in [0.15, 0.2) is 5.78 Å². The van der Waals surface area contributed by atoms with E-state index in [-0.39, 0.29) is 39.0 Å². The van der Waals surface area contributed by atoms with Crippen molar-refractivity contribution in [3.63, 3.8) is 0 Å². The minimum atomic E-state index is -1.15. The molecular formula is C21H13N3O4. The molecule has 1 aromatic heterocycles. The molecular weight excluding hydrogens is 358 g/mol. The number of benzene rings is 3. The molecule has 0 saturated heterocycles. The third-order valence-electron chi connectivity index (χ3n) is 4.36. The van der Waals surface area contributed by atoms with Crippen LogP contribution in [-0.2, 0) is 0 Å². The Morgan fingerprint density at radius 3 is 2.11 bits per heavy atom. The van der Waals surface area contributed by atoms with Gasteiger partial charge >= 0.3 is 5.97 Å². The molecule has 0 bridgehead atoms. The van der Waals surface area contributed by atoms with E-state index in [0.717, 1.165) is 0 Å². The number of hydrogen-bond acceptors (Lipinski definition) is 5. The van der Waals surface area contributed by atoms with Gasteiger partial charge in [-0.1, -0.05) is 36.4 Å². The third-order valence-corrected chi connectivity index (χ3v) is 4.36. The number of rotatable bonds is 4. The Balaban J connectivity index is 2.03. The quantitative estimate of drug-likeness (QED) is 0.420. The smallest absolute Gasteiger partial charge is 0.337 e. The highest BCUT2D eigenvalue weighted by atomic mass is 16.4. The lowest BCUT2D eigenvalue weighted by Gasteiger charge is -2.09. The first-order valence-electron chi connectivity index (χ1n) is 8.33. The van der Waals surface area contributed by atoms with Crippen molar-refractivity contribution < 1.29 is 19.5 Å². The summed E-state index contributed by atoms with van der Waals surface area (Å²) in [4.78, 5) is 45.0. The van der Waals surface area contributed by atoms with E-state index in [1.165, 1.54) is 18.2 Å². The Kier molecular flexibility index (Phi) is 4.04. The first-order chi connectivity index (χ1) is 13.5. The molecule has 7 nitrogen and oxygen atoms in total. The van der Waals surface area contributed by atoms with Crippen molar-refractivity contribution in [3.05, 3.63) is 82.9 Å². The fourth-order valence-electron chi connectivity index (χ4n) is 3.05. The van der Waals surface area contributed by atoms with Crippen LogP contribution in [-0.4, -0.2) is 32.7 Å². The molecule has 0 fully saturated rings. The van der Waals surface area contributed by atoms with Crippen LogP contribution in [0.2, 0.25) is 0 Å². The zero-order chi connectivity index (χ0) is 19.8. The fraction of sp³-hybridized carbons (Fsp3) is 0. The molecule has 7 heteroatoms. The summed E-state index contributed by atoms with van der Waals surface area (Å²) in [7, 11) is 0. The molecule has 0 spiro atoms. The van der Waals surface area contributed by atoms with Gasteiger partial charge in [-0.05, 0) is 24.3 Å². The molecule has 0 saturated carbocycles. The number of ketones is 1. The topological polar surface area (TPSA) is 123 Å². The lowest BCUT2D eigenvalue weighted by atomic mass is 9.99. The Bertz CT molecular complexity index is 1280. The number of carbonyl (C=O) groups is 3. The van der Waals surface area contributed by atoms with Gasteiger partial charge in [0.25, 0.3) is 5.91 Å². The van der Waals surface area contributed by atoms with E-state index in [4.69, 9.17) is 5.73 Å². The molecule has 4 rings (SSSR count). The van der Waals surface area contributed by atoms with E-state index in [9.17, 15) is 19.5 Å². The molecule has 1 amide bonds. The van der Waals surface area contributed by atoms with Crippen LogP contribution in [0.25, 0.3) is 22.1 Å². The molecule has 3 aromatic carbocycles. The predicted octanol–water partition coefficient (Wildman–Crippen LogP) is 2.81. The maximum atomic E-state index is 12.8. The van der Waals surface area contributed by atoms with Gasteiger partial charge in [0, 0.05) is 11.1 Å². The lowest BCUT2D eigenvalue weighted by Crippen LogP contribution is -2.14. The summed E-state index contributed by atoms with van der Waals surface area (Å²) < 4.78 is 0. The SMILES string of the molecule is NC(=O)c1cc(C(=O)c2ccccc2)cc2nc3c(C(=O)O)cccc3nc12. The summed E-state index contributed by atoms with van der Waals surface area (Å²) in [6.45, 7) is 0. The van der Waals surface area contributed by atoms with Crippen molar-refractivity contribution in [2.45, 2.75) is 0 Å². The minimum Gasteiger partial charge on any atom is -0.478 e. The Labute approximate surface area is 158 Å². The number of para-hydroxylation sites is 1. The molecule has 0 atom stereocenters. The highest BCUT2D eigenvalue weighted by Crippen LogP contribution is 2.24. The monoisotopic (exact) mass is 371 g/mol. The second kappa shape index (κ2) is 6.55. The molecule has 28 heavy (non-hydrogen) atoms. The first kappa shape index (κ1) is 17.3. The van der Waals surface area contributed by atoms with Gasteiger partial charge < -0.3 is 10.8 Å². The number of aromatic carboxylic acids is 1. The normalized spacial score (nSPS) is 10.9. The minimum absolute atomic E-state index is 0.0210. The van der Waals surface area contributed by atoms with Gasteiger partial charge in [0.1, 0.15) is 11.0 Å². The van der Waals surface area contributed by atoms with Gasteiger partial charge in [-0.2, -0.15) is 0 Å². The molecule has 0 aliphatic carbocycles. The van der Waals surface area contributed by atoms with Gasteiger partial charge in [-0.25, -0.2) is 14.8 Å². The number of carbonyl (C=O) groups excluding carboxylic acids is 2. The first-order valence-corrected chi connectivity index (χ1v) is 8.33. The van der Waals surface area contributed by atoms with Crippen LogP contribution in [0.5, 0.6) is 0 Å². The zero-order valence-corrected chi connectivity index (χ0v) is 14.4. The van der Waals surface area contributed by atoms with Gasteiger partial charge in [0.05, 0.1) is 22.2 Å². The molecule has 0 unspecified atom stereocenters. The largest absolute Gasteiger partial charge is 0.478 e. The maximum absolute atomic E-state index is 12.8. The number of nitrogens with zero attached hydrogens (tertiary/aromatic N) is 2. The molecule has 3 N–H and O–H groups in total. The van der Waals surface area contributed by atoms with Crippen molar-refractivity contribution in [1.29, 1.82) is 0 Å². The number of hydrogen-bond donors (Lipinski definition) is 2. The number of nitrogens with two attached hydrogens (primary N) is 1. The summed E-state index contributed by atoms with van der Waals surface area (Å²) in [6.07, 6.45) is 0. The number of carboxylic acids is 1. The summed E-state index contributed by atoms with van der Waals surface area (Å²) in [5.74, 6) is -2.21. The van der Waals surface area contributed by atoms with Crippen LogP contribution in [0.15, 0.2) is 60.7 Å². The lowest BCUT2D eigenvalue weighted by molar-refractivity contribution is 0.0698. The fourth-order valence-corrected chi connectivity index (χ4v) is 3.05. The van der Waals surface area contributed by atoms with E-state index < -0.39 is 11.9 Å². The third kappa shape index (κ3) is 2.84. The molecule has 0 aliphatic rings. The van der Waals surface area contributed by atoms with Crippen LogP contribution in [0.4, 0.5) is 0 Å². The summed E-state index contributed by atoms with van der Waals surface area (Å²) in [6, 6.07) is 16.0. The van der Waals surface area contributed by atoms with E-state index >= 15 is 0 Å². The highest BCUT2D eigenvalue weighted by Gasteiger charge is 2.19. The standard InChI is InChI=1S/C21H13N3O4/c22-20(26)14-9-12(19(25)11-5-2-1-3-6-11)10-16-18(14)23-15-8-4-7-13(21(27)28)17(15)24-16/h1-10H,(H2,22,26)(H,27,28). The van der Waals surface area contributed by atoms with E-state index in [1.807, 2.05) is 0 Å². The Morgan fingerprint density at radius 2 is 1.43 bits per heavy atom. The van der Waals surface area contributed by atoms with E-state index in [0.29, 0.717) is 11.1 Å². The van der Waals surface area contributed by atoms with E-state index in [1.54, 1.807) is 42.5 Å². The van der Waals surface area contributed by atoms with Crippen molar-refractivity contribution in [2.75, 3.05) is 0 Å². The highest BCUT2D eigenvalue weighted by molar-refractivity contribution is 6.14. The second-order valence-electron chi connectivity index (χ2n) is 6.15. The summed E-state index contributed by atoms with van der Waals surface area (Å²) in [5, 5.41) is 9.39. The van der Waals surface area contributed by atoms with E-state index in [2.05, 4.69) is 9.97 Å². The van der Waals surface area contributed by atoms with Crippen LogP contribution in [0.3, 0.4) is 0 Å². The number of fused-ring (bicyclic) bond motifs is 2. The average molecular weight is 371 g/mol. The molecule has 1 heterocycles.